The summed E-state index contributed by atoms with van der Waals surface area (Å²) in [6, 6.07) is 0. The van der Waals surface area contributed by atoms with E-state index < -0.39 is 0 Å². The van der Waals surface area contributed by atoms with E-state index in [4.69, 9.17) is 14.2 Å². The number of ether oxygens (including phenoxy) is 3. The minimum absolute atomic E-state index is 0.420. The molecule has 0 aliphatic rings. The molecule has 0 aliphatic heterocycles. The summed E-state index contributed by atoms with van der Waals surface area (Å²) in [6.45, 7) is 2.65. The van der Waals surface area contributed by atoms with Gasteiger partial charge in [-0.05, 0) is 12.2 Å². The van der Waals surface area contributed by atoms with Gasteiger partial charge in [-0.2, -0.15) is 12.6 Å². The van der Waals surface area contributed by atoms with Gasteiger partial charge in [-0.3, -0.25) is 0 Å². The minimum atomic E-state index is 0.420. The Morgan fingerprint density at radius 1 is 1.23 bits per heavy atom. The lowest BCUT2D eigenvalue weighted by Gasteiger charge is -2.11. The van der Waals surface area contributed by atoms with Crippen molar-refractivity contribution in [2.75, 3.05) is 39.3 Å². The van der Waals surface area contributed by atoms with Crippen LogP contribution in [-0.2, 0) is 14.2 Å². The molecule has 0 aromatic heterocycles. The molecule has 0 aromatic rings. The van der Waals surface area contributed by atoms with Crippen molar-refractivity contribution in [3.63, 3.8) is 0 Å². The van der Waals surface area contributed by atoms with Crippen molar-refractivity contribution in [1.82, 2.24) is 0 Å². The van der Waals surface area contributed by atoms with Crippen LogP contribution in [0.5, 0.6) is 0 Å². The molecule has 0 spiro atoms. The van der Waals surface area contributed by atoms with E-state index in [0.29, 0.717) is 32.2 Å². The van der Waals surface area contributed by atoms with Crippen molar-refractivity contribution in [3.05, 3.63) is 0 Å². The Hall–Kier alpha value is 0.447. The molecule has 0 bridgehead atoms. The van der Waals surface area contributed by atoms with Gasteiger partial charge in [0, 0.05) is 23.1 Å². The molecular weight excluding hydrogens is 204 g/mol. The first-order chi connectivity index (χ1) is 6.31. The van der Waals surface area contributed by atoms with Crippen LogP contribution in [0.4, 0.5) is 0 Å². The van der Waals surface area contributed by atoms with Crippen LogP contribution in [0.25, 0.3) is 0 Å². The quantitative estimate of drug-likeness (QED) is 0.330. The molecule has 0 aliphatic carbocycles. The summed E-state index contributed by atoms with van der Waals surface area (Å²) >= 11 is 4.15. The Labute approximate surface area is 89.0 Å². The molecule has 0 rings (SSSR count). The fourth-order valence-corrected chi connectivity index (χ4v) is 2.19. The zero-order valence-corrected chi connectivity index (χ0v) is 11.4. The summed E-state index contributed by atoms with van der Waals surface area (Å²) in [5.74, 6) is 0.901. The average molecular weight is 224 g/mol. The lowest BCUT2D eigenvalue weighted by molar-refractivity contribution is 0.0156. The van der Waals surface area contributed by atoms with E-state index in [1.165, 1.54) is 0 Å². The van der Waals surface area contributed by atoms with Gasteiger partial charge in [0.15, 0.2) is 0 Å². The molecule has 0 saturated carbocycles. The highest BCUT2D eigenvalue weighted by atomic mass is 32.1. The van der Waals surface area contributed by atoms with Crippen molar-refractivity contribution in [2.24, 2.45) is 0 Å². The number of hydrogen-bond donors (Lipinski definition) is 1. The van der Waals surface area contributed by atoms with Crippen LogP contribution < -0.4 is 0 Å². The second-order valence-electron chi connectivity index (χ2n) is 2.80. The summed E-state index contributed by atoms with van der Waals surface area (Å²) in [7, 11) is 2.73. The van der Waals surface area contributed by atoms with Crippen molar-refractivity contribution < 1.29 is 14.2 Å². The predicted octanol–water partition coefficient (Wildman–Crippen LogP) is -0.323. The monoisotopic (exact) mass is 224 g/mol. The van der Waals surface area contributed by atoms with Crippen LogP contribution in [0, 0.1) is 0 Å². The van der Waals surface area contributed by atoms with E-state index in [-0.39, 0.29) is 0 Å². The maximum atomic E-state index is 5.51. The first-order valence-corrected chi connectivity index (χ1v) is 6.39. The van der Waals surface area contributed by atoms with Crippen LogP contribution in [0.15, 0.2) is 0 Å². The van der Waals surface area contributed by atoms with Gasteiger partial charge in [0.2, 0.25) is 0 Å². The van der Waals surface area contributed by atoms with Gasteiger partial charge in [0.1, 0.15) is 0 Å². The lowest BCUT2D eigenvalue weighted by Crippen LogP contribution is -2.17. The predicted molar refractivity (Wildman–Crippen MR) is 60.8 cm³/mol. The second-order valence-corrected chi connectivity index (χ2v) is 4.53. The molecule has 0 aromatic carbocycles. The molecule has 5 heteroatoms. The Bertz CT molecular complexity index is 105. The highest BCUT2D eigenvalue weighted by molar-refractivity contribution is 7.80. The van der Waals surface area contributed by atoms with Crippen LogP contribution in [0.3, 0.4) is 0 Å². The van der Waals surface area contributed by atoms with Crippen LogP contribution in [0.2, 0.25) is 0 Å². The second kappa shape index (κ2) is 10.5. The van der Waals surface area contributed by atoms with E-state index in [9.17, 15) is 0 Å². The van der Waals surface area contributed by atoms with Crippen molar-refractivity contribution in [2.45, 2.75) is 12.1 Å². The van der Waals surface area contributed by atoms with E-state index in [2.05, 4.69) is 12.6 Å². The molecule has 1 atom stereocenters. The Morgan fingerprint density at radius 3 is 2.54 bits per heavy atom. The number of hydrogen-bond acceptors (Lipinski definition) is 4. The Kier molecular flexibility index (Phi) is 10.9. The summed E-state index contributed by atoms with van der Waals surface area (Å²) in [4.78, 5) is 0. The number of rotatable bonds is 9. The Balaban J connectivity index is 2.97. The Morgan fingerprint density at radius 2 is 1.92 bits per heavy atom. The van der Waals surface area contributed by atoms with Gasteiger partial charge < -0.3 is 14.2 Å². The van der Waals surface area contributed by atoms with E-state index in [0.717, 1.165) is 22.4 Å². The van der Waals surface area contributed by atoms with E-state index in [1.54, 1.807) is 7.11 Å². The van der Waals surface area contributed by atoms with Crippen LogP contribution >= 0.6 is 12.6 Å². The maximum Gasteiger partial charge on any atom is 0.0701 e. The van der Waals surface area contributed by atoms with Crippen molar-refractivity contribution in [3.8, 4) is 0 Å². The molecule has 1 unspecified atom stereocenters. The van der Waals surface area contributed by atoms with Crippen LogP contribution in [0.1, 0.15) is 6.42 Å². The summed E-state index contributed by atoms with van der Waals surface area (Å²) < 4.78 is 15.6. The smallest absolute Gasteiger partial charge is 0.0701 e. The van der Waals surface area contributed by atoms with Crippen LogP contribution in [-0.4, -0.2) is 55.3 Å². The van der Waals surface area contributed by atoms with Gasteiger partial charge in [-0.15, -0.1) is 0 Å². The molecule has 3 nitrogen and oxygen atoms in total. The van der Waals surface area contributed by atoms with Gasteiger partial charge in [0.05, 0.1) is 26.4 Å². The topological polar surface area (TPSA) is 27.7 Å². The third-order valence-corrected chi connectivity index (χ3v) is 2.77. The molecule has 0 fully saturated rings. The highest BCUT2D eigenvalue weighted by Gasteiger charge is 1.99. The fraction of sp³-hybridized carbons (Fsp3) is 1.00. The molecule has 0 heterocycles. The molecule has 0 N–H and O–H groups in total. The maximum absolute atomic E-state index is 5.51. The third-order valence-electron chi connectivity index (χ3n) is 1.60. The third kappa shape index (κ3) is 10.4. The molecule has 0 saturated heterocycles. The molecule has 80 valence electrons. The average Bonchev–Trinajstić information content (AvgIpc) is 2.11. The zero-order chi connectivity index (χ0) is 9.94. The molecule has 0 radical (unpaired) electrons. The van der Waals surface area contributed by atoms with Crippen molar-refractivity contribution in [1.29, 1.82) is 0 Å². The SMILES string of the molecule is COCCOCCOC([SiH3])CCS. The summed E-state index contributed by atoms with van der Waals surface area (Å²) in [5, 5.41) is 0. The first-order valence-electron chi connectivity index (χ1n) is 4.60. The molecule has 0 amide bonds. The first kappa shape index (κ1) is 13.4. The fourth-order valence-electron chi connectivity index (χ4n) is 0.818. The van der Waals surface area contributed by atoms with Gasteiger partial charge in [-0.25, -0.2) is 0 Å². The van der Waals surface area contributed by atoms with Gasteiger partial charge in [-0.1, -0.05) is 0 Å². The molecular formula is C8H20O3SSi. The largest absolute Gasteiger partial charge is 0.382 e. The minimum Gasteiger partial charge on any atom is -0.382 e. The van der Waals surface area contributed by atoms with Crippen molar-refractivity contribution >= 4 is 22.9 Å². The normalized spacial score (nSPS) is 13.4. The van der Waals surface area contributed by atoms with E-state index >= 15 is 0 Å². The zero-order valence-electron chi connectivity index (χ0n) is 8.49. The lowest BCUT2D eigenvalue weighted by atomic mass is 10.5. The summed E-state index contributed by atoms with van der Waals surface area (Å²) in [6.07, 6.45) is 1.05. The highest BCUT2D eigenvalue weighted by Crippen LogP contribution is 1.94. The number of thiol groups is 1. The van der Waals surface area contributed by atoms with E-state index in [1.807, 2.05) is 0 Å². The standard InChI is InChI=1S/C8H20O3SSi/c1-9-3-4-10-5-6-11-8(13)2-7-12/h8,12H,2-7H2,1,13H3. The van der Waals surface area contributed by atoms with Gasteiger partial charge in [0.25, 0.3) is 0 Å². The number of methoxy groups -OCH3 is 1. The summed E-state index contributed by atoms with van der Waals surface area (Å²) in [5.41, 5.74) is 0.420. The van der Waals surface area contributed by atoms with Gasteiger partial charge >= 0.3 is 0 Å². The molecule has 13 heavy (non-hydrogen) atoms.